The topological polar surface area (TPSA) is 85.8 Å². The van der Waals surface area contributed by atoms with E-state index in [0.717, 1.165) is 37.5 Å². The number of carbonyl (C=O) groups excluding carboxylic acids is 1. The van der Waals surface area contributed by atoms with E-state index in [9.17, 15) is 4.79 Å². The number of hydrogen-bond donors (Lipinski definition) is 2. The molecule has 0 saturated heterocycles. The second kappa shape index (κ2) is 7.96. The van der Waals surface area contributed by atoms with Gasteiger partial charge in [-0.1, -0.05) is 13.3 Å². The summed E-state index contributed by atoms with van der Waals surface area (Å²) in [4.78, 5) is 12.2. The average Bonchev–Trinajstić information content (AvgIpc) is 2.89. The van der Waals surface area contributed by atoms with E-state index in [1.54, 1.807) is 6.92 Å². The minimum atomic E-state index is -0.823. The SMILES string of the molecule is CCCC(C)(N)C(=O)NC(C)c1nnc2n1CCC2.Cl.Cl. The van der Waals surface area contributed by atoms with Gasteiger partial charge in [0.25, 0.3) is 0 Å². The summed E-state index contributed by atoms with van der Waals surface area (Å²) in [6, 6.07) is -0.161. The Hall–Kier alpha value is -0.850. The number of halogens is 2. The third-order valence-electron chi connectivity index (χ3n) is 3.66. The summed E-state index contributed by atoms with van der Waals surface area (Å²) >= 11 is 0. The number of amides is 1. The molecule has 1 amide bonds. The maximum Gasteiger partial charge on any atom is 0.240 e. The molecular weight excluding hydrogens is 313 g/mol. The molecule has 0 saturated carbocycles. The van der Waals surface area contributed by atoms with Crippen LogP contribution in [0.2, 0.25) is 0 Å². The van der Waals surface area contributed by atoms with E-state index >= 15 is 0 Å². The summed E-state index contributed by atoms with van der Waals surface area (Å²) in [7, 11) is 0. The molecule has 2 rings (SSSR count). The fraction of sp³-hybridized carbons (Fsp3) is 0.769. The molecule has 1 aliphatic heterocycles. The first kappa shape index (κ1) is 20.1. The molecule has 0 fully saturated rings. The zero-order valence-corrected chi connectivity index (χ0v) is 14.4. The number of nitrogens with zero attached hydrogens (tertiary/aromatic N) is 3. The van der Waals surface area contributed by atoms with Crippen LogP contribution >= 0.6 is 24.8 Å². The highest BCUT2D eigenvalue weighted by molar-refractivity contribution is 5.86. The quantitative estimate of drug-likeness (QED) is 0.857. The van der Waals surface area contributed by atoms with Crippen LogP contribution in [-0.4, -0.2) is 26.2 Å². The molecule has 0 bridgehead atoms. The summed E-state index contributed by atoms with van der Waals surface area (Å²) in [6.07, 6.45) is 3.62. The van der Waals surface area contributed by atoms with Gasteiger partial charge in [-0.2, -0.15) is 0 Å². The van der Waals surface area contributed by atoms with Gasteiger partial charge >= 0.3 is 0 Å². The minimum absolute atomic E-state index is 0. The second-order valence-electron chi connectivity index (χ2n) is 5.59. The Kier molecular flexibility index (Phi) is 7.64. The van der Waals surface area contributed by atoms with Crippen molar-refractivity contribution in [2.24, 2.45) is 5.73 Å². The molecule has 3 N–H and O–H groups in total. The van der Waals surface area contributed by atoms with Crippen LogP contribution < -0.4 is 11.1 Å². The largest absolute Gasteiger partial charge is 0.345 e. The van der Waals surface area contributed by atoms with Gasteiger partial charge in [0, 0.05) is 13.0 Å². The Bertz CT molecular complexity index is 475. The second-order valence-corrected chi connectivity index (χ2v) is 5.59. The van der Waals surface area contributed by atoms with E-state index < -0.39 is 5.54 Å². The van der Waals surface area contributed by atoms with Crippen molar-refractivity contribution in [2.45, 2.75) is 64.6 Å². The number of aromatic nitrogens is 3. The van der Waals surface area contributed by atoms with Crippen molar-refractivity contribution in [3.63, 3.8) is 0 Å². The van der Waals surface area contributed by atoms with Gasteiger partial charge in [0.2, 0.25) is 5.91 Å². The summed E-state index contributed by atoms with van der Waals surface area (Å²) in [5, 5.41) is 11.3. The molecule has 2 atom stereocenters. The van der Waals surface area contributed by atoms with Gasteiger partial charge in [-0.05, 0) is 26.7 Å². The molecule has 6 nitrogen and oxygen atoms in total. The number of hydrogen-bond acceptors (Lipinski definition) is 4. The first-order valence-electron chi connectivity index (χ1n) is 6.97. The van der Waals surface area contributed by atoms with Crippen LogP contribution in [0.15, 0.2) is 0 Å². The molecule has 21 heavy (non-hydrogen) atoms. The monoisotopic (exact) mass is 337 g/mol. The van der Waals surface area contributed by atoms with Crippen LogP contribution in [0, 0.1) is 0 Å². The van der Waals surface area contributed by atoms with Crippen LogP contribution in [0.5, 0.6) is 0 Å². The van der Waals surface area contributed by atoms with Gasteiger partial charge < -0.3 is 15.6 Å². The molecule has 0 spiro atoms. The Morgan fingerprint density at radius 2 is 2.14 bits per heavy atom. The Morgan fingerprint density at radius 3 is 2.76 bits per heavy atom. The van der Waals surface area contributed by atoms with Gasteiger partial charge in [-0.3, -0.25) is 4.79 Å². The predicted octanol–water partition coefficient (Wildman–Crippen LogP) is 1.76. The number of nitrogens with two attached hydrogens (primary N) is 1. The molecule has 2 heterocycles. The first-order valence-corrected chi connectivity index (χ1v) is 6.97. The molecule has 1 aromatic rings. The van der Waals surface area contributed by atoms with Crippen molar-refractivity contribution in [2.75, 3.05) is 0 Å². The van der Waals surface area contributed by atoms with Crippen molar-refractivity contribution in [1.82, 2.24) is 20.1 Å². The van der Waals surface area contributed by atoms with E-state index in [1.165, 1.54) is 0 Å². The maximum atomic E-state index is 12.2. The fourth-order valence-corrected chi connectivity index (χ4v) is 2.55. The normalized spacial score (nSPS) is 17.0. The molecule has 1 aliphatic rings. The lowest BCUT2D eigenvalue weighted by Gasteiger charge is -2.25. The predicted molar refractivity (Wildman–Crippen MR) is 86.9 cm³/mol. The lowest BCUT2D eigenvalue weighted by atomic mass is 9.96. The summed E-state index contributed by atoms with van der Waals surface area (Å²) in [5.74, 6) is 1.71. The number of nitrogens with one attached hydrogen (secondary N) is 1. The van der Waals surface area contributed by atoms with Crippen LogP contribution in [0.4, 0.5) is 0 Å². The molecule has 8 heteroatoms. The van der Waals surface area contributed by atoms with Gasteiger partial charge in [-0.15, -0.1) is 35.0 Å². The van der Waals surface area contributed by atoms with Gasteiger partial charge in [0.1, 0.15) is 5.82 Å². The van der Waals surface area contributed by atoms with E-state index in [2.05, 4.69) is 20.1 Å². The third-order valence-corrected chi connectivity index (χ3v) is 3.66. The first-order chi connectivity index (χ1) is 8.95. The summed E-state index contributed by atoms with van der Waals surface area (Å²) in [5.41, 5.74) is 5.21. The van der Waals surface area contributed by atoms with Crippen LogP contribution in [-0.2, 0) is 17.8 Å². The molecule has 0 aromatic carbocycles. The van der Waals surface area contributed by atoms with E-state index in [0.29, 0.717) is 6.42 Å². The highest BCUT2D eigenvalue weighted by atomic mass is 35.5. The minimum Gasteiger partial charge on any atom is -0.345 e. The molecule has 1 aromatic heterocycles. The standard InChI is InChI=1S/C13H23N5O.2ClH/c1-4-7-13(3,14)12(19)15-9(2)11-17-16-10-6-5-8-18(10)11;;/h9H,4-8,14H2,1-3H3,(H,15,19);2*1H. The van der Waals surface area contributed by atoms with E-state index in [4.69, 9.17) is 5.73 Å². The summed E-state index contributed by atoms with van der Waals surface area (Å²) < 4.78 is 2.10. The summed E-state index contributed by atoms with van der Waals surface area (Å²) in [6.45, 7) is 6.66. The van der Waals surface area contributed by atoms with E-state index in [-0.39, 0.29) is 36.8 Å². The average molecular weight is 338 g/mol. The highest BCUT2D eigenvalue weighted by Gasteiger charge is 2.30. The Labute approximate surface area is 138 Å². The van der Waals surface area contributed by atoms with Gasteiger partial charge in [0.05, 0.1) is 11.6 Å². The molecular formula is C13H25Cl2N5O. The zero-order chi connectivity index (χ0) is 14.0. The number of fused-ring (bicyclic) bond motifs is 1. The lowest BCUT2D eigenvalue weighted by molar-refractivity contribution is -0.126. The van der Waals surface area contributed by atoms with Crippen molar-refractivity contribution in [1.29, 1.82) is 0 Å². The van der Waals surface area contributed by atoms with Crippen molar-refractivity contribution in [3.05, 3.63) is 11.6 Å². The maximum absolute atomic E-state index is 12.2. The van der Waals surface area contributed by atoms with Crippen LogP contribution in [0.3, 0.4) is 0 Å². The fourth-order valence-electron chi connectivity index (χ4n) is 2.55. The Balaban J connectivity index is 0.00000200. The van der Waals surface area contributed by atoms with Crippen molar-refractivity contribution < 1.29 is 4.79 Å². The zero-order valence-electron chi connectivity index (χ0n) is 12.8. The molecule has 0 aliphatic carbocycles. The molecule has 122 valence electrons. The number of aryl methyl sites for hydroxylation is 1. The lowest BCUT2D eigenvalue weighted by Crippen LogP contribution is -2.52. The van der Waals surface area contributed by atoms with Crippen molar-refractivity contribution in [3.8, 4) is 0 Å². The third kappa shape index (κ3) is 4.31. The molecule has 0 radical (unpaired) electrons. The number of rotatable bonds is 5. The Morgan fingerprint density at radius 1 is 1.48 bits per heavy atom. The highest BCUT2D eigenvalue weighted by Crippen LogP contribution is 2.19. The smallest absolute Gasteiger partial charge is 0.240 e. The van der Waals surface area contributed by atoms with Crippen LogP contribution in [0.25, 0.3) is 0 Å². The van der Waals surface area contributed by atoms with Crippen LogP contribution in [0.1, 0.15) is 57.7 Å². The number of carbonyl (C=O) groups is 1. The van der Waals surface area contributed by atoms with E-state index in [1.807, 2.05) is 13.8 Å². The van der Waals surface area contributed by atoms with Crippen molar-refractivity contribution >= 4 is 30.7 Å². The van der Waals surface area contributed by atoms with Gasteiger partial charge in [0.15, 0.2) is 5.82 Å². The van der Waals surface area contributed by atoms with Gasteiger partial charge in [-0.25, -0.2) is 0 Å². The molecule has 2 unspecified atom stereocenters.